The highest BCUT2D eigenvalue weighted by Crippen LogP contribution is 2.24. The molecule has 0 radical (unpaired) electrons. The molecule has 4 nitrogen and oxygen atoms in total. The Labute approximate surface area is 140 Å². The molecule has 0 unspecified atom stereocenters. The lowest BCUT2D eigenvalue weighted by Crippen LogP contribution is -2.46. The maximum atomic E-state index is 5.60. The third-order valence-electron chi connectivity index (χ3n) is 4.16. The van der Waals surface area contributed by atoms with Crippen LogP contribution in [0.5, 0.6) is 0 Å². The van der Waals surface area contributed by atoms with Crippen molar-refractivity contribution in [1.82, 2.24) is 9.88 Å². The summed E-state index contributed by atoms with van der Waals surface area (Å²) >= 11 is 1.66. The van der Waals surface area contributed by atoms with Crippen molar-refractivity contribution in [3.8, 4) is 10.8 Å². The van der Waals surface area contributed by atoms with E-state index in [9.17, 15) is 0 Å². The molecule has 23 heavy (non-hydrogen) atoms. The molecule has 1 aromatic carbocycles. The highest BCUT2D eigenvalue weighted by Gasteiger charge is 2.18. The van der Waals surface area contributed by atoms with E-state index in [2.05, 4.69) is 45.1 Å². The van der Waals surface area contributed by atoms with Gasteiger partial charge in [-0.25, -0.2) is 4.98 Å². The zero-order chi connectivity index (χ0) is 15.5. The molecule has 1 aliphatic rings. The number of piperazine rings is 1. The highest BCUT2D eigenvalue weighted by atomic mass is 32.1. The first kappa shape index (κ1) is 14.5. The van der Waals surface area contributed by atoms with Gasteiger partial charge < -0.3 is 9.32 Å². The third-order valence-corrected chi connectivity index (χ3v) is 5.02. The number of hydrogen-bond donors (Lipinski definition) is 0. The molecule has 0 amide bonds. The lowest BCUT2D eigenvalue weighted by atomic mass is 10.2. The van der Waals surface area contributed by atoms with Crippen molar-refractivity contribution in [3.05, 3.63) is 59.8 Å². The van der Waals surface area contributed by atoms with Crippen molar-refractivity contribution in [2.45, 2.75) is 6.54 Å². The molecule has 4 rings (SSSR count). The van der Waals surface area contributed by atoms with Gasteiger partial charge in [0.15, 0.2) is 0 Å². The standard InChI is InChI=1S/C18H19N3OS/c1-2-5-16(6-3-1)21-10-8-20(9-11-21)13-15-14-22-18(19-15)17-7-4-12-23-17/h1-7,12,14H,8-11,13H2. The molecule has 1 fully saturated rings. The predicted octanol–water partition coefficient (Wildman–Crippen LogP) is 3.73. The first-order valence-electron chi connectivity index (χ1n) is 7.89. The lowest BCUT2D eigenvalue weighted by molar-refractivity contribution is 0.247. The Hall–Kier alpha value is -2.11. The Morgan fingerprint density at radius 1 is 1.00 bits per heavy atom. The van der Waals surface area contributed by atoms with Crippen LogP contribution in [-0.2, 0) is 6.54 Å². The second kappa shape index (κ2) is 6.56. The van der Waals surface area contributed by atoms with Crippen LogP contribution in [0.3, 0.4) is 0 Å². The van der Waals surface area contributed by atoms with Crippen molar-refractivity contribution in [2.24, 2.45) is 0 Å². The molecule has 0 atom stereocenters. The summed E-state index contributed by atoms with van der Waals surface area (Å²) < 4.78 is 5.60. The van der Waals surface area contributed by atoms with Gasteiger partial charge in [0.2, 0.25) is 5.89 Å². The number of para-hydroxylation sites is 1. The van der Waals surface area contributed by atoms with E-state index >= 15 is 0 Å². The van der Waals surface area contributed by atoms with Gasteiger partial charge in [-0.05, 0) is 23.6 Å². The van der Waals surface area contributed by atoms with E-state index in [0.717, 1.165) is 49.2 Å². The topological polar surface area (TPSA) is 32.5 Å². The maximum absolute atomic E-state index is 5.60. The van der Waals surface area contributed by atoms with Gasteiger partial charge in [0.25, 0.3) is 0 Å². The Balaban J connectivity index is 1.35. The average molecular weight is 325 g/mol. The number of thiophene rings is 1. The molecular formula is C18H19N3OS. The first-order valence-corrected chi connectivity index (χ1v) is 8.77. The van der Waals surface area contributed by atoms with Crippen LogP contribution in [0, 0.1) is 0 Å². The molecule has 2 aromatic heterocycles. The highest BCUT2D eigenvalue weighted by molar-refractivity contribution is 7.13. The summed E-state index contributed by atoms with van der Waals surface area (Å²) in [6, 6.07) is 14.7. The number of anilines is 1. The monoisotopic (exact) mass is 325 g/mol. The maximum Gasteiger partial charge on any atom is 0.236 e. The van der Waals surface area contributed by atoms with Crippen LogP contribution < -0.4 is 4.90 Å². The Morgan fingerprint density at radius 2 is 1.83 bits per heavy atom. The van der Waals surface area contributed by atoms with Gasteiger partial charge in [-0.1, -0.05) is 24.3 Å². The molecule has 1 saturated heterocycles. The molecule has 0 aliphatic carbocycles. The van der Waals surface area contributed by atoms with Crippen molar-refractivity contribution in [3.63, 3.8) is 0 Å². The van der Waals surface area contributed by atoms with Crippen LogP contribution in [0.2, 0.25) is 0 Å². The number of hydrogen-bond acceptors (Lipinski definition) is 5. The fourth-order valence-electron chi connectivity index (χ4n) is 2.93. The number of aromatic nitrogens is 1. The van der Waals surface area contributed by atoms with Crippen molar-refractivity contribution in [2.75, 3.05) is 31.1 Å². The second-order valence-corrected chi connectivity index (χ2v) is 6.67. The first-order chi connectivity index (χ1) is 11.4. The zero-order valence-corrected chi connectivity index (χ0v) is 13.7. The van der Waals surface area contributed by atoms with Crippen LogP contribution in [0.25, 0.3) is 10.8 Å². The summed E-state index contributed by atoms with van der Waals surface area (Å²) in [4.78, 5) is 10.6. The van der Waals surface area contributed by atoms with Crippen LogP contribution in [0.4, 0.5) is 5.69 Å². The summed E-state index contributed by atoms with van der Waals surface area (Å²) in [5.74, 6) is 0.734. The molecule has 0 saturated carbocycles. The normalized spacial score (nSPS) is 15.9. The van der Waals surface area contributed by atoms with E-state index < -0.39 is 0 Å². The van der Waals surface area contributed by atoms with Crippen LogP contribution >= 0.6 is 11.3 Å². The summed E-state index contributed by atoms with van der Waals surface area (Å²) in [6.45, 7) is 5.07. The molecule has 0 spiro atoms. The van der Waals surface area contributed by atoms with Crippen molar-refractivity contribution < 1.29 is 4.42 Å². The summed E-state index contributed by atoms with van der Waals surface area (Å²) in [5, 5.41) is 2.04. The lowest BCUT2D eigenvalue weighted by Gasteiger charge is -2.35. The number of rotatable bonds is 4. The van der Waals surface area contributed by atoms with Crippen LogP contribution in [0.1, 0.15) is 5.69 Å². The number of nitrogens with zero attached hydrogens (tertiary/aromatic N) is 3. The third kappa shape index (κ3) is 3.30. The summed E-state index contributed by atoms with van der Waals surface area (Å²) in [7, 11) is 0. The van der Waals surface area contributed by atoms with E-state index in [0.29, 0.717) is 0 Å². The molecule has 5 heteroatoms. The fraction of sp³-hybridized carbons (Fsp3) is 0.278. The number of oxazole rings is 1. The minimum absolute atomic E-state index is 0.734. The van der Waals surface area contributed by atoms with Gasteiger partial charge >= 0.3 is 0 Å². The van der Waals surface area contributed by atoms with Gasteiger partial charge in [-0.2, -0.15) is 0 Å². The second-order valence-electron chi connectivity index (χ2n) is 5.72. The summed E-state index contributed by atoms with van der Waals surface area (Å²) in [6.07, 6.45) is 1.79. The van der Waals surface area contributed by atoms with E-state index in [1.54, 1.807) is 17.6 Å². The van der Waals surface area contributed by atoms with E-state index in [4.69, 9.17) is 4.42 Å². The van der Waals surface area contributed by atoms with Crippen molar-refractivity contribution >= 4 is 17.0 Å². The molecule has 1 aliphatic heterocycles. The molecule has 0 N–H and O–H groups in total. The molecule has 3 heterocycles. The largest absolute Gasteiger partial charge is 0.444 e. The molecular weight excluding hydrogens is 306 g/mol. The van der Waals surface area contributed by atoms with Crippen molar-refractivity contribution in [1.29, 1.82) is 0 Å². The van der Waals surface area contributed by atoms with E-state index in [1.165, 1.54) is 5.69 Å². The SMILES string of the molecule is c1ccc(N2CCN(Cc3coc(-c4cccs4)n3)CC2)cc1. The molecule has 118 valence electrons. The number of benzene rings is 1. The smallest absolute Gasteiger partial charge is 0.236 e. The van der Waals surface area contributed by atoms with E-state index in [-0.39, 0.29) is 0 Å². The van der Waals surface area contributed by atoms with Crippen LogP contribution in [-0.4, -0.2) is 36.1 Å². The molecule has 3 aromatic rings. The zero-order valence-electron chi connectivity index (χ0n) is 12.9. The Morgan fingerprint density at radius 3 is 2.57 bits per heavy atom. The average Bonchev–Trinajstić information content (AvgIpc) is 3.28. The Kier molecular flexibility index (Phi) is 4.13. The Bertz CT molecular complexity index is 731. The van der Waals surface area contributed by atoms with Gasteiger partial charge in [0, 0.05) is 38.4 Å². The van der Waals surface area contributed by atoms with Gasteiger partial charge in [0.1, 0.15) is 6.26 Å². The predicted molar refractivity (Wildman–Crippen MR) is 93.7 cm³/mol. The van der Waals surface area contributed by atoms with E-state index in [1.807, 2.05) is 17.5 Å². The van der Waals surface area contributed by atoms with Gasteiger partial charge in [-0.15, -0.1) is 11.3 Å². The van der Waals surface area contributed by atoms with Gasteiger partial charge in [0.05, 0.1) is 10.6 Å². The molecule has 0 bridgehead atoms. The quantitative estimate of drug-likeness (QED) is 0.732. The minimum atomic E-state index is 0.734. The summed E-state index contributed by atoms with van der Waals surface area (Å²) in [5.41, 5.74) is 2.33. The fourth-order valence-corrected chi connectivity index (χ4v) is 3.58. The van der Waals surface area contributed by atoms with Crippen LogP contribution in [0.15, 0.2) is 58.5 Å². The van der Waals surface area contributed by atoms with Gasteiger partial charge in [-0.3, -0.25) is 4.90 Å². The minimum Gasteiger partial charge on any atom is -0.444 e.